The summed E-state index contributed by atoms with van der Waals surface area (Å²) >= 11 is 0. The smallest absolute Gasteiger partial charge is 0.191 e. The Kier molecular flexibility index (Phi) is 1.87. The van der Waals surface area contributed by atoms with Gasteiger partial charge in [-0.2, -0.15) is 4.57 Å². The summed E-state index contributed by atoms with van der Waals surface area (Å²) in [6.45, 7) is -1.55. The second-order valence-electron chi connectivity index (χ2n) is 5.09. The van der Waals surface area contributed by atoms with E-state index >= 15 is 0 Å². The van der Waals surface area contributed by atoms with Crippen LogP contribution in [0.1, 0.15) is 15.4 Å². The van der Waals surface area contributed by atoms with Crippen LogP contribution in [0.15, 0.2) is 66.7 Å². The zero-order chi connectivity index (χ0) is 16.0. The first-order chi connectivity index (χ1) is 11.1. The molecule has 4 rings (SSSR count). The minimum absolute atomic E-state index is 0.414. The topological polar surface area (TPSA) is 3.88 Å². The van der Waals surface area contributed by atoms with Crippen molar-refractivity contribution in [3.05, 3.63) is 78.0 Å². The maximum atomic E-state index is 8.05. The molecular weight excluding hydrogens is 242 g/mol. The Hall–Kier alpha value is -2.41. The molecule has 0 aliphatic carbocycles. The normalized spacial score (nSPS) is 14.9. The third-order valence-electron chi connectivity index (χ3n) is 3.93. The highest BCUT2D eigenvalue weighted by Crippen LogP contribution is 2.30. The van der Waals surface area contributed by atoms with E-state index in [1.54, 1.807) is 0 Å². The minimum Gasteiger partial charge on any atom is -0.191 e. The van der Waals surface area contributed by atoms with Crippen LogP contribution in [-0.4, -0.2) is 0 Å². The summed E-state index contributed by atoms with van der Waals surface area (Å²) in [5.41, 5.74) is 5.40. The van der Waals surface area contributed by atoms with Gasteiger partial charge < -0.3 is 0 Å². The Labute approximate surface area is 123 Å². The zero-order valence-corrected chi connectivity index (χ0v) is 11.0. The lowest BCUT2D eigenvalue weighted by Gasteiger charge is -2.05. The monoisotopic (exact) mass is 261 g/mol. The highest BCUT2D eigenvalue weighted by Gasteiger charge is 2.28. The second kappa shape index (κ2) is 4.31. The van der Waals surface area contributed by atoms with E-state index in [-0.39, 0.29) is 0 Å². The molecule has 0 saturated carbocycles. The molecule has 0 spiro atoms. The van der Waals surface area contributed by atoms with Crippen molar-refractivity contribution in [1.82, 2.24) is 0 Å². The molecule has 1 aliphatic rings. The average Bonchev–Trinajstić information content (AvgIpc) is 2.92. The summed E-state index contributed by atoms with van der Waals surface area (Å²) < 4.78 is 26.1. The molecule has 96 valence electrons. The fourth-order valence-electron chi connectivity index (χ4n) is 2.93. The molecule has 0 saturated heterocycles. The van der Waals surface area contributed by atoms with Gasteiger partial charge in [-0.1, -0.05) is 48.5 Å². The Bertz CT molecular complexity index is 883. The summed E-state index contributed by atoms with van der Waals surface area (Å²) in [5, 5.41) is 0. The first kappa shape index (κ1) is 8.70. The van der Waals surface area contributed by atoms with E-state index < -0.39 is 6.85 Å². The Balaban J connectivity index is 2.00. The van der Waals surface area contributed by atoms with Gasteiger partial charge in [0.2, 0.25) is 5.69 Å². The van der Waals surface area contributed by atoms with Crippen LogP contribution in [0.25, 0.3) is 22.4 Å². The van der Waals surface area contributed by atoms with Gasteiger partial charge in [0.15, 0.2) is 12.2 Å². The van der Waals surface area contributed by atoms with Crippen molar-refractivity contribution in [1.29, 1.82) is 0 Å². The molecule has 1 nitrogen and oxygen atoms in total. The predicted octanol–water partition coefficient (Wildman–Crippen LogP) is 3.98. The van der Waals surface area contributed by atoms with E-state index in [9.17, 15) is 0 Å². The molecule has 1 heteroatoms. The number of pyridine rings is 1. The van der Waals surface area contributed by atoms with E-state index in [0.717, 1.165) is 22.4 Å². The SMILES string of the molecule is [2H]C([2H])([2H])c1c(-c2ccccc2)ccc2[n+]1Cc1ccccc1-2. The standard InChI is InChI=1S/C19H16N/c1-14-17(15-7-3-2-4-8-15)11-12-19-18-10-6-5-9-16(18)13-20(14)19/h2-12H,13H2,1H3/q+1/i1D3. The highest BCUT2D eigenvalue weighted by molar-refractivity contribution is 5.69. The Morgan fingerprint density at radius 3 is 2.50 bits per heavy atom. The zero-order valence-electron chi connectivity index (χ0n) is 14.0. The van der Waals surface area contributed by atoms with Gasteiger partial charge in [0.1, 0.15) is 0 Å². The van der Waals surface area contributed by atoms with Crippen LogP contribution >= 0.6 is 0 Å². The van der Waals surface area contributed by atoms with Crippen molar-refractivity contribution in [2.24, 2.45) is 0 Å². The summed E-state index contributed by atoms with van der Waals surface area (Å²) in [6.07, 6.45) is 0. The quantitative estimate of drug-likeness (QED) is 0.456. The minimum atomic E-state index is -2.16. The van der Waals surface area contributed by atoms with Crippen molar-refractivity contribution in [3.8, 4) is 22.4 Å². The van der Waals surface area contributed by atoms with E-state index in [0.29, 0.717) is 12.2 Å². The Morgan fingerprint density at radius 2 is 1.65 bits per heavy atom. The van der Waals surface area contributed by atoms with Crippen molar-refractivity contribution in [2.45, 2.75) is 13.4 Å². The molecule has 0 bridgehead atoms. The number of nitrogens with zero attached hydrogens (tertiary/aromatic N) is 1. The Morgan fingerprint density at radius 1 is 0.850 bits per heavy atom. The van der Waals surface area contributed by atoms with Crippen LogP contribution in [0, 0.1) is 6.85 Å². The average molecular weight is 261 g/mol. The fourth-order valence-corrected chi connectivity index (χ4v) is 2.93. The van der Waals surface area contributed by atoms with Crippen LogP contribution in [0.4, 0.5) is 0 Å². The molecule has 0 atom stereocenters. The van der Waals surface area contributed by atoms with Gasteiger partial charge in [-0.05, 0) is 17.7 Å². The lowest BCUT2D eigenvalue weighted by Crippen LogP contribution is -2.36. The van der Waals surface area contributed by atoms with E-state index in [4.69, 9.17) is 4.11 Å². The summed E-state index contributed by atoms with van der Waals surface area (Å²) in [5.74, 6) is 0. The van der Waals surface area contributed by atoms with Gasteiger partial charge in [-0.3, -0.25) is 0 Å². The van der Waals surface area contributed by atoms with E-state index in [2.05, 4.69) is 12.1 Å². The van der Waals surface area contributed by atoms with Crippen molar-refractivity contribution >= 4 is 0 Å². The summed E-state index contributed by atoms with van der Waals surface area (Å²) in [4.78, 5) is 0. The number of hydrogen-bond acceptors (Lipinski definition) is 0. The maximum Gasteiger partial charge on any atom is 0.213 e. The van der Waals surface area contributed by atoms with Crippen molar-refractivity contribution in [3.63, 3.8) is 0 Å². The maximum absolute atomic E-state index is 8.05. The number of benzene rings is 2. The second-order valence-corrected chi connectivity index (χ2v) is 5.09. The first-order valence-corrected chi connectivity index (χ1v) is 6.77. The molecule has 0 fully saturated rings. The van der Waals surface area contributed by atoms with E-state index in [1.807, 2.05) is 59.2 Å². The molecule has 1 aromatic heterocycles. The van der Waals surface area contributed by atoms with Gasteiger partial charge >= 0.3 is 0 Å². The fraction of sp³-hybridized carbons (Fsp3) is 0.105. The van der Waals surface area contributed by atoms with Gasteiger partial charge in [0, 0.05) is 28.2 Å². The number of rotatable bonds is 1. The van der Waals surface area contributed by atoms with Crippen molar-refractivity contribution < 1.29 is 8.68 Å². The first-order valence-electron chi connectivity index (χ1n) is 8.27. The summed E-state index contributed by atoms with van der Waals surface area (Å²) in [6, 6.07) is 21.8. The van der Waals surface area contributed by atoms with Crippen LogP contribution in [-0.2, 0) is 6.54 Å². The third kappa shape index (κ3) is 1.60. The molecule has 2 heterocycles. The van der Waals surface area contributed by atoms with Crippen LogP contribution in [0.5, 0.6) is 0 Å². The third-order valence-corrected chi connectivity index (χ3v) is 3.93. The number of hydrogen-bond donors (Lipinski definition) is 0. The molecular formula is C19H16N+. The number of fused-ring (bicyclic) bond motifs is 3. The molecule has 0 radical (unpaired) electrons. The van der Waals surface area contributed by atoms with Crippen LogP contribution in [0.3, 0.4) is 0 Å². The highest BCUT2D eigenvalue weighted by atomic mass is 15.0. The largest absolute Gasteiger partial charge is 0.213 e. The predicted molar refractivity (Wildman–Crippen MR) is 81.3 cm³/mol. The number of aromatic nitrogens is 1. The molecule has 0 unspecified atom stereocenters. The molecule has 0 N–H and O–H groups in total. The van der Waals surface area contributed by atoms with Gasteiger partial charge in [-0.25, -0.2) is 0 Å². The van der Waals surface area contributed by atoms with Gasteiger partial charge in [0.25, 0.3) is 0 Å². The van der Waals surface area contributed by atoms with Crippen LogP contribution < -0.4 is 4.57 Å². The molecule has 3 aromatic rings. The van der Waals surface area contributed by atoms with Gasteiger partial charge in [-0.15, -0.1) is 0 Å². The van der Waals surface area contributed by atoms with Crippen LogP contribution in [0.2, 0.25) is 0 Å². The molecule has 1 aliphatic heterocycles. The lowest BCUT2D eigenvalue weighted by atomic mass is 10.0. The molecule has 2 aromatic carbocycles. The molecule has 0 amide bonds. The lowest BCUT2D eigenvalue weighted by molar-refractivity contribution is -0.677. The summed E-state index contributed by atoms with van der Waals surface area (Å²) in [7, 11) is 0. The van der Waals surface area contributed by atoms with Gasteiger partial charge in [0.05, 0.1) is 5.56 Å². The van der Waals surface area contributed by atoms with Crippen molar-refractivity contribution in [2.75, 3.05) is 0 Å². The molecule has 20 heavy (non-hydrogen) atoms. The van der Waals surface area contributed by atoms with E-state index in [1.165, 1.54) is 5.56 Å².